The topological polar surface area (TPSA) is 38.1 Å². The van der Waals surface area contributed by atoms with Gasteiger partial charge in [0.2, 0.25) is 0 Å². The summed E-state index contributed by atoms with van der Waals surface area (Å²) in [5.41, 5.74) is -0.00990. The second kappa shape index (κ2) is 4.66. The quantitative estimate of drug-likeness (QED) is 0.913. The van der Waals surface area contributed by atoms with E-state index < -0.39 is 23.3 Å². The van der Waals surface area contributed by atoms with Crippen LogP contribution < -0.4 is 0 Å². The molecule has 0 aliphatic carbocycles. The van der Waals surface area contributed by atoms with E-state index >= 15 is 0 Å². The predicted molar refractivity (Wildman–Crippen MR) is 63.4 cm³/mol. The first kappa shape index (κ1) is 13.0. The smallest absolute Gasteiger partial charge is 0.135 e. The fourth-order valence-electron chi connectivity index (χ4n) is 1.79. The van der Waals surface area contributed by atoms with Crippen molar-refractivity contribution in [3.05, 3.63) is 51.8 Å². The van der Waals surface area contributed by atoms with Crippen LogP contribution in [0.15, 0.2) is 18.3 Å². The van der Waals surface area contributed by atoms with Gasteiger partial charge in [0.1, 0.15) is 17.7 Å². The molecule has 1 aromatic carbocycles. The van der Waals surface area contributed by atoms with Gasteiger partial charge in [-0.1, -0.05) is 17.7 Å². The largest absolute Gasteiger partial charge is 0.382 e. The van der Waals surface area contributed by atoms with Crippen molar-refractivity contribution in [2.45, 2.75) is 13.0 Å². The molecule has 1 atom stereocenters. The van der Waals surface area contributed by atoms with Crippen LogP contribution in [0, 0.1) is 18.6 Å². The van der Waals surface area contributed by atoms with Gasteiger partial charge in [-0.3, -0.25) is 4.68 Å². The van der Waals surface area contributed by atoms with E-state index in [-0.39, 0.29) is 16.3 Å². The van der Waals surface area contributed by atoms with Crippen molar-refractivity contribution in [2.75, 3.05) is 0 Å². The van der Waals surface area contributed by atoms with E-state index in [0.29, 0.717) is 0 Å². The second-order valence-corrected chi connectivity index (χ2v) is 4.40. The zero-order valence-electron chi connectivity index (χ0n) is 9.78. The Labute approximate surface area is 108 Å². The van der Waals surface area contributed by atoms with Gasteiger partial charge in [-0.05, 0) is 18.6 Å². The van der Waals surface area contributed by atoms with Crippen molar-refractivity contribution < 1.29 is 13.9 Å². The Hall–Kier alpha value is -1.46. The first-order chi connectivity index (χ1) is 8.43. The van der Waals surface area contributed by atoms with Gasteiger partial charge in [0.25, 0.3) is 0 Å². The van der Waals surface area contributed by atoms with E-state index in [2.05, 4.69) is 5.10 Å². The Morgan fingerprint density at radius 2 is 2.06 bits per heavy atom. The minimum Gasteiger partial charge on any atom is -0.382 e. The molecule has 0 aliphatic heterocycles. The van der Waals surface area contributed by atoms with Gasteiger partial charge < -0.3 is 5.11 Å². The Balaban J connectivity index is 2.60. The third-order valence-electron chi connectivity index (χ3n) is 2.79. The molecule has 0 bridgehead atoms. The normalized spacial score (nSPS) is 12.8. The summed E-state index contributed by atoms with van der Waals surface area (Å²) in [5, 5.41) is 14.1. The highest BCUT2D eigenvalue weighted by Gasteiger charge is 2.25. The van der Waals surface area contributed by atoms with Crippen LogP contribution in [0.4, 0.5) is 8.78 Å². The number of aromatic nitrogens is 2. The van der Waals surface area contributed by atoms with Gasteiger partial charge in [0.15, 0.2) is 0 Å². The van der Waals surface area contributed by atoms with Crippen LogP contribution in [0.5, 0.6) is 0 Å². The van der Waals surface area contributed by atoms with E-state index in [1.807, 2.05) is 0 Å². The molecule has 96 valence electrons. The molecule has 0 spiro atoms. The lowest BCUT2D eigenvalue weighted by Crippen LogP contribution is -2.11. The molecule has 1 aromatic heterocycles. The van der Waals surface area contributed by atoms with Crippen molar-refractivity contribution in [1.29, 1.82) is 0 Å². The lowest BCUT2D eigenvalue weighted by atomic mass is 10.0. The number of benzene rings is 1. The van der Waals surface area contributed by atoms with Gasteiger partial charge in [0, 0.05) is 7.05 Å². The molecule has 0 amide bonds. The highest BCUT2D eigenvalue weighted by Crippen LogP contribution is 2.31. The first-order valence-corrected chi connectivity index (χ1v) is 5.61. The zero-order chi connectivity index (χ0) is 13.4. The Bertz CT molecular complexity index is 579. The summed E-state index contributed by atoms with van der Waals surface area (Å²) >= 11 is 5.85. The molecule has 2 aromatic rings. The van der Waals surface area contributed by atoms with Crippen molar-refractivity contribution >= 4 is 11.6 Å². The van der Waals surface area contributed by atoms with Crippen molar-refractivity contribution in [2.24, 2.45) is 7.05 Å². The van der Waals surface area contributed by atoms with E-state index in [1.54, 1.807) is 0 Å². The molecular formula is C12H11ClF2N2O. The lowest BCUT2D eigenvalue weighted by Gasteiger charge is -2.15. The molecule has 3 nitrogen and oxygen atoms in total. The van der Waals surface area contributed by atoms with Crippen molar-refractivity contribution in [3.8, 4) is 0 Å². The molecule has 2 rings (SSSR count). The Morgan fingerprint density at radius 3 is 2.61 bits per heavy atom. The molecule has 1 heterocycles. The molecule has 18 heavy (non-hydrogen) atoms. The molecule has 1 N–H and O–H groups in total. The molecule has 0 radical (unpaired) electrons. The summed E-state index contributed by atoms with van der Waals surface area (Å²) < 4.78 is 28.8. The molecule has 0 saturated carbocycles. The maximum absolute atomic E-state index is 13.9. The number of hydrogen-bond acceptors (Lipinski definition) is 2. The molecular weight excluding hydrogens is 262 g/mol. The number of rotatable bonds is 2. The van der Waals surface area contributed by atoms with E-state index in [4.69, 9.17) is 11.6 Å². The first-order valence-electron chi connectivity index (χ1n) is 5.23. The van der Waals surface area contributed by atoms with Crippen molar-refractivity contribution in [3.63, 3.8) is 0 Å². The number of aryl methyl sites for hydroxylation is 2. The second-order valence-electron chi connectivity index (χ2n) is 4.00. The number of hydrogen-bond donors (Lipinski definition) is 1. The molecule has 0 fully saturated rings. The minimum absolute atomic E-state index is 0.153. The number of nitrogens with zero attached hydrogens (tertiary/aromatic N) is 2. The Kier molecular flexibility index (Phi) is 3.36. The van der Waals surface area contributed by atoms with Crippen LogP contribution in [0.3, 0.4) is 0 Å². The molecule has 1 unspecified atom stereocenters. The summed E-state index contributed by atoms with van der Waals surface area (Å²) in [6.45, 7) is 1.50. The van der Waals surface area contributed by atoms with E-state index in [9.17, 15) is 13.9 Å². The third-order valence-corrected chi connectivity index (χ3v) is 3.08. The van der Waals surface area contributed by atoms with E-state index in [1.165, 1.54) is 30.9 Å². The number of aliphatic hydroxyl groups is 1. The number of halogens is 3. The predicted octanol–water partition coefficient (Wildman–Crippen LogP) is 2.74. The molecule has 0 aliphatic rings. The maximum atomic E-state index is 13.9. The minimum atomic E-state index is -1.50. The number of aliphatic hydroxyl groups excluding tert-OH is 1. The molecule has 0 saturated heterocycles. The van der Waals surface area contributed by atoms with E-state index in [0.717, 1.165) is 6.07 Å². The summed E-state index contributed by atoms with van der Waals surface area (Å²) in [6.07, 6.45) is -0.184. The maximum Gasteiger partial charge on any atom is 0.135 e. The highest BCUT2D eigenvalue weighted by molar-refractivity contribution is 6.31. The fourth-order valence-corrected chi connectivity index (χ4v) is 2.06. The molecule has 6 heteroatoms. The standard InChI is InChI=1S/C12H11ClF2N2O/c1-6-3-4-8(14)9(10(6)15)12(18)11-7(13)5-16-17(11)2/h3-5,12,18H,1-2H3. The van der Waals surface area contributed by atoms with Crippen LogP contribution in [0.2, 0.25) is 5.02 Å². The lowest BCUT2D eigenvalue weighted by molar-refractivity contribution is 0.199. The van der Waals surface area contributed by atoms with Gasteiger partial charge in [-0.25, -0.2) is 8.78 Å². The van der Waals surface area contributed by atoms with Crippen LogP contribution >= 0.6 is 11.6 Å². The summed E-state index contributed by atoms with van der Waals surface area (Å²) in [7, 11) is 1.54. The monoisotopic (exact) mass is 272 g/mol. The third kappa shape index (κ3) is 2.00. The summed E-state index contributed by atoms with van der Waals surface area (Å²) in [6, 6.07) is 2.42. The van der Waals surface area contributed by atoms with Gasteiger partial charge >= 0.3 is 0 Å². The van der Waals surface area contributed by atoms with Crippen molar-refractivity contribution in [1.82, 2.24) is 9.78 Å². The average molecular weight is 273 g/mol. The van der Waals surface area contributed by atoms with Crippen LogP contribution in [0.25, 0.3) is 0 Å². The fraction of sp³-hybridized carbons (Fsp3) is 0.250. The SMILES string of the molecule is Cc1ccc(F)c(C(O)c2c(Cl)cnn2C)c1F. The van der Waals surface area contributed by atoms with Crippen LogP contribution in [0.1, 0.15) is 22.9 Å². The Morgan fingerprint density at radius 1 is 1.39 bits per heavy atom. The summed E-state index contributed by atoms with van der Waals surface area (Å²) in [5.74, 6) is -1.59. The van der Waals surface area contributed by atoms with Gasteiger partial charge in [0.05, 0.1) is 22.5 Å². The van der Waals surface area contributed by atoms with Gasteiger partial charge in [-0.15, -0.1) is 0 Å². The van der Waals surface area contributed by atoms with Gasteiger partial charge in [-0.2, -0.15) is 5.10 Å². The zero-order valence-corrected chi connectivity index (χ0v) is 10.5. The average Bonchev–Trinajstić information content (AvgIpc) is 2.64. The summed E-state index contributed by atoms with van der Waals surface area (Å²) in [4.78, 5) is 0. The van der Waals surface area contributed by atoms with Crippen LogP contribution in [-0.2, 0) is 7.05 Å². The highest BCUT2D eigenvalue weighted by atomic mass is 35.5. The van der Waals surface area contributed by atoms with Crippen LogP contribution in [-0.4, -0.2) is 14.9 Å².